The van der Waals surface area contributed by atoms with Crippen molar-refractivity contribution in [1.82, 2.24) is 9.97 Å². The molecule has 0 saturated heterocycles. The molecule has 0 amide bonds. The molecular formula is C15H19N3O2. The van der Waals surface area contributed by atoms with Crippen LogP contribution in [0.5, 0.6) is 11.5 Å². The molecule has 1 heterocycles. The van der Waals surface area contributed by atoms with Crippen molar-refractivity contribution < 1.29 is 9.47 Å². The standard InChI is InChI=1S/C15H19N3O2/c1-4-19-13-7-6-11(8-14(13)20-5-2)12-9-15(16)18-10(3)17-12/h6-9H,4-5H2,1-3H3,(H2,16,17,18). The Hall–Kier alpha value is -2.30. The van der Waals surface area contributed by atoms with Crippen molar-refractivity contribution >= 4 is 5.82 Å². The van der Waals surface area contributed by atoms with Crippen molar-refractivity contribution in [1.29, 1.82) is 0 Å². The van der Waals surface area contributed by atoms with Gasteiger partial charge in [0.2, 0.25) is 0 Å². The first-order valence-electron chi connectivity index (χ1n) is 6.65. The van der Waals surface area contributed by atoms with E-state index in [1.165, 1.54) is 0 Å². The molecule has 0 fully saturated rings. The molecule has 0 atom stereocenters. The number of nitrogen functional groups attached to an aromatic ring is 1. The van der Waals surface area contributed by atoms with E-state index in [0.29, 0.717) is 30.6 Å². The third-order valence-electron chi connectivity index (χ3n) is 2.70. The van der Waals surface area contributed by atoms with Crippen LogP contribution >= 0.6 is 0 Å². The van der Waals surface area contributed by atoms with Crippen LogP contribution in [0.1, 0.15) is 19.7 Å². The Kier molecular flexibility index (Phi) is 4.40. The van der Waals surface area contributed by atoms with Gasteiger partial charge in [-0.3, -0.25) is 0 Å². The van der Waals surface area contributed by atoms with Gasteiger partial charge in [0.25, 0.3) is 0 Å². The maximum Gasteiger partial charge on any atom is 0.161 e. The Morgan fingerprint density at radius 1 is 1.00 bits per heavy atom. The van der Waals surface area contributed by atoms with E-state index in [4.69, 9.17) is 15.2 Å². The van der Waals surface area contributed by atoms with Crippen LogP contribution in [-0.2, 0) is 0 Å². The van der Waals surface area contributed by atoms with Gasteiger partial charge >= 0.3 is 0 Å². The highest BCUT2D eigenvalue weighted by molar-refractivity contribution is 5.65. The lowest BCUT2D eigenvalue weighted by molar-refractivity contribution is 0.288. The van der Waals surface area contributed by atoms with Gasteiger partial charge in [0.1, 0.15) is 11.6 Å². The highest BCUT2D eigenvalue weighted by atomic mass is 16.5. The molecule has 0 bridgehead atoms. The second-order valence-electron chi connectivity index (χ2n) is 4.25. The number of anilines is 1. The zero-order chi connectivity index (χ0) is 14.5. The van der Waals surface area contributed by atoms with Gasteiger partial charge in [0, 0.05) is 11.6 Å². The van der Waals surface area contributed by atoms with Crippen molar-refractivity contribution in [3.8, 4) is 22.8 Å². The first kappa shape index (κ1) is 14.1. The topological polar surface area (TPSA) is 70.3 Å². The largest absolute Gasteiger partial charge is 0.490 e. The fourth-order valence-electron chi connectivity index (χ4n) is 1.95. The first-order chi connectivity index (χ1) is 9.63. The van der Waals surface area contributed by atoms with Crippen LogP contribution in [0.4, 0.5) is 5.82 Å². The average Bonchev–Trinajstić information content (AvgIpc) is 2.40. The first-order valence-corrected chi connectivity index (χ1v) is 6.65. The number of rotatable bonds is 5. The van der Waals surface area contributed by atoms with Gasteiger partial charge in [-0.1, -0.05) is 0 Å². The molecule has 2 rings (SSSR count). The molecular weight excluding hydrogens is 254 g/mol. The summed E-state index contributed by atoms with van der Waals surface area (Å²) in [6, 6.07) is 7.49. The monoisotopic (exact) mass is 273 g/mol. The Morgan fingerprint density at radius 2 is 1.70 bits per heavy atom. The molecule has 2 aromatic rings. The average molecular weight is 273 g/mol. The minimum absolute atomic E-state index is 0.458. The molecule has 0 aliphatic carbocycles. The molecule has 106 valence electrons. The van der Waals surface area contributed by atoms with E-state index in [2.05, 4.69) is 9.97 Å². The molecule has 0 radical (unpaired) electrons. The number of aromatic nitrogens is 2. The van der Waals surface area contributed by atoms with Crippen LogP contribution in [0, 0.1) is 6.92 Å². The number of nitrogens with two attached hydrogens (primary N) is 1. The summed E-state index contributed by atoms with van der Waals surface area (Å²) < 4.78 is 11.2. The summed E-state index contributed by atoms with van der Waals surface area (Å²) in [5.41, 5.74) is 7.47. The predicted octanol–water partition coefficient (Wildman–Crippen LogP) is 2.83. The van der Waals surface area contributed by atoms with Crippen molar-refractivity contribution in [2.24, 2.45) is 0 Å². The fourth-order valence-corrected chi connectivity index (χ4v) is 1.95. The van der Waals surface area contributed by atoms with Crippen LogP contribution in [-0.4, -0.2) is 23.2 Å². The molecule has 0 saturated carbocycles. The summed E-state index contributed by atoms with van der Waals surface area (Å²) in [6.07, 6.45) is 0. The van der Waals surface area contributed by atoms with E-state index in [1.54, 1.807) is 6.07 Å². The zero-order valence-corrected chi connectivity index (χ0v) is 12.0. The van der Waals surface area contributed by atoms with E-state index >= 15 is 0 Å². The van der Waals surface area contributed by atoms with Crippen molar-refractivity contribution in [2.45, 2.75) is 20.8 Å². The Labute approximate surface area is 118 Å². The van der Waals surface area contributed by atoms with Crippen LogP contribution in [0.3, 0.4) is 0 Å². The van der Waals surface area contributed by atoms with Gasteiger partial charge in [0.05, 0.1) is 18.9 Å². The van der Waals surface area contributed by atoms with Crippen molar-refractivity contribution in [3.05, 3.63) is 30.1 Å². The second kappa shape index (κ2) is 6.23. The van der Waals surface area contributed by atoms with Gasteiger partial charge in [-0.25, -0.2) is 9.97 Å². The summed E-state index contributed by atoms with van der Waals surface area (Å²) in [6.45, 7) is 6.87. The van der Waals surface area contributed by atoms with Gasteiger partial charge in [0.15, 0.2) is 11.5 Å². The molecule has 0 aliphatic rings. The zero-order valence-electron chi connectivity index (χ0n) is 12.0. The van der Waals surface area contributed by atoms with Crippen LogP contribution < -0.4 is 15.2 Å². The molecule has 0 aliphatic heterocycles. The third-order valence-corrected chi connectivity index (χ3v) is 2.70. The normalized spacial score (nSPS) is 10.3. The van der Waals surface area contributed by atoms with E-state index in [1.807, 2.05) is 39.0 Å². The maximum atomic E-state index is 5.76. The Bertz CT molecular complexity index is 579. The third kappa shape index (κ3) is 3.17. The molecule has 0 spiro atoms. The summed E-state index contributed by atoms with van der Waals surface area (Å²) in [7, 11) is 0. The number of aryl methyl sites for hydroxylation is 1. The smallest absolute Gasteiger partial charge is 0.161 e. The molecule has 2 N–H and O–H groups in total. The lowest BCUT2D eigenvalue weighted by Gasteiger charge is -2.12. The van der Waals surface area contributed by atoms with Gasteiger partial charge < -0.3 is 15.2 Å². The van der Waals surface area contributed by atoms with E-state index in [9.17, 15) is 0 Å². The quantitative estimate of drug-likeness (QED) is 0.907. The minimum Gasteiger partial charge on any atom is -0.490 e. The minimum atomic E-state index is 0.458. The molecule has 20 heavy (non-hydrogen) atoms. The van der Waals surface area contributed by atoms with Crippen LogP contribution in [0.15, 0.2) is 24.3 Å². The number of benzene rings is 1. The lowest BCUT2D eigenvalue weighted by atomic mass is 10.1. The highest BCUT2D eigenvalue weighted by Crippen LogP contribution is 2.32. The molecule has 1 aromatic carbocycles. The van der Waals surface area contributed by atoms with Gasteiger partial charge in [-0.05, 0) is 39.0 Å². The summed E-state index contributed by atoms with van der Waals surface area (Å²) >= 11 is 0. The number of ether oxygens (including phenoxy) is 2. The van der Waals surface area contributed by atoms with Crippen molar-refractivity contribution in [2.75, 3.05) is 18.9 Å². The maximum absolute atomic E-state index is 5.76. The van der Waals surface area contributed by atoms with Gasteiger partial charge in [-0.2, -0.15) is 0 Å². The van der Waals surface area contributed by atoms with Gasteiger partial charge in [-0.15, -0.1) is 0 Å². The van der Waals surface area contributed by atoms with Crippen LogP contribution in [0.2, 0.25) is 0 Å². The SMILES string of the molecule is CCOc1ccc(-c2cc(N)nc(C)n2)cc1OCC. The summed E-state index contributed by atoms with van der Waals surface area (Å²) in [5, 5.41) is 0. The molecule has 5 heteroatoms. The predicted molar refractivity (Wildman–Crippen MR) is 79.0 cm³/mol. The lowest BCUT2D eigenvalue weighted by Crippen LogP contribution is -2.00. The number of hydrogen-bond acceptors (Lipinski definition) is 5. The van der Waals surface area contributed by atoms with Crippen molar-refractivity contribution in [3.63, 3.8) is 0 Å². The van der Waals surface area contributed by atoms with E-state index in [0.717, 1.165) is 17.0 Å². The highest BCUT2D eigenvalue weighted by Gasteiger charge is 2.09. The number of nitrogens with zero attached hydrogens (tertiary/aromatic N) is 2. The Morgan fingerprint density at radius 3 is 2.35 bits per heavy atom. The number of hydrogen-bond donors (Lipinski definition) is 1. The molecule has 1 aromatic heterocycles. The summed E-state index contributed by atoms with van der Waals surface area (Å²) in [5.74, 6) is 2.55. The second-order valence-corrected chi connectivity index (χ2v) is 4.25. The molecule has 0 unspecified atom stereocenters. The molecule has 5 nitrogen and oxygen atoms in total. The fraction of sp³-hybridized carbons (Fsp3) is 0.333. The Balaban J connectivity index is 2.43. The van der Waals surface area contributed by atoms with E-state index < -0.39 is 0 Å². The van der Waals surface area contributed by atoms with E-state index in [-0.39, 0.29) is 0 Å². The summed E-state index contributed by atoms with van der Waals surface area (Å²) in [4.78, 5) is 8.47. The van der Waals surface area contributed by atoms with Crippen LogP contribution in [0.25, 0.3) is 11.3 Å².